The average Bonchev–Trinajstić information content (AvgIpc) is 2.38. The van der Waals surface area contributed by atoms with E-state index in [0.717, 1.165) is 5.56 Å². The molecular formula is C12H11N3O3. The molecule has 0 amide bonds. The highest BCUT2D eigenvalue weighted by molar-refractivity contribution is 5.87. The zero-order valence-corrected chi connectivity index (χ0v) is 9.62. The summed E-state index contributed by atoms with van der Waals surface area (Å²) in [5, 5.41) is 8.90. The molecule has 0 atom stereocenters. The Kier molecular flexibility index (Phi) is 3.09. The van der Waals surface area contributed by atoms with E-state index in [0.29, 0.717) is 11.4 Å². The minimum atomic E-state index is -1.14. The van der Waals surface area contributed by atoms with E-state index in [4.69, 9.17) is 15.6 Å². The Morgan fingerprint density at radius 3 is 2.50 bits per heavy atom. The number of nitrogens with zero attached hydrogens (tertiary/aromatic N) is 2. The average molecular weight is 245 g/mol. The summed E-state index contributed by atoms with van der Waals surface area (Å²) in [6.07, 6.45) is 0. The Labute approximate surface area is 103 Å². The normalized spacial score (nSPS) is 10.1. The zero-order valence-electron chi connectivity index (χ0n) is 9.62. The van der Waals surface area contributed by atoms with Crippen LogP contribution in [0.3, 0.4) is 0 Å². The molecular weight excluding hydrogens is 234 g/mol. The number of carbonyl (C=O) groups is 1. The number of benzene rings is 1. The number of nitrogen functional groups attached to an aromatic ring is 1. The van der Waals surface area contributed by atoms with E-state index in [-0.39, 0.29) is 11.6 Å². The lowest BCUT2D eigenvalue weighted by Crippen LogP contribution is -2.06. The maximum absolute atomic E-state index is 10.9. The topological polar surface area (TPSA) is 98.3 Å². The van der Waals surface area contributed by atoms with E-state index in [2.05, 4.69) is 9.97 Å². The second-order valence-corrected chi connectivity index (χ2v) is 3.53. The van der Waals surface area contributed by atoms with Crippen molar-refractivity contribution in [3.63, 3.8) is 0 Å². The monoisotopic (exact) mass is 245 g/mol. The molecule has 0 bridgehead atoms. The highest BCUT2D eigenvalue weighted by Gasteiger charge is 2.10. The van der Waals surface area contributed by atoms with Crippen molar-refractivity contribution in [2.75, 3.05) is 12.8 Å². The number of hydrogen-bond donors (Lipinski definition) is 2. The van der Waals surface area contributed by atoms with Crippen LogP contribution in [0.1, 0.15) is 10.5 Å². The van der Waals surface area contributed by atoms with Gasteiger partial charge in [-0.3, -0.25) is 0 Å². The molecule has 6 heteroatoms. The highest BCUT2D eigenvalue weighted by Crippen LogP contribution is 2.21. The third kappa shape index (κ3) is 2.37. The minimum Gasteiger partial charge on any atom is -0.497 e. The van der Waals surface area contributed by atoms with E-state index >= 15 is 0 Å². The van der Waals surface area contributed by atoms with Gasteiger partial charge in [0.25, 0.3) is 0 Å². The maximum atomic E-state index is 10.9. The van der Waals surface area contributed by atoms with Crippen LogP contribution in [-0.4, -0.2) is 28.2 Å². The second kappa shape index (κ2) is 4.70. The smallest absolute Gasteiger partial charge is 0.354 e. The first-order valence-corrected chi connectivity index (χ1v) is 5.12. The van der Waals surface area contributed by atoms with Crippen molar-refractivity contribution in [2.45, 2.75) is 0 Å². The van der Waals surface area contributed by atoms with Crippen LogP contribution in [0, 0.1) is 0 Å². The number of hydrogen-bond acceptors (Lipinski definition) is 5. The summed E-state index contributed by atoms with van der Waals surface area (Å²) in [6.45, 7) is 0. The number of rotatable bonds is 3. The molecule has 0 spiro atoms. The van der Waals surface area contributed by atoms with Crippen LogP contribution in [-0.2, 0) is 0 Å². The van der Waals surface area contributed by atoms with Gasteiger partial charge in [-0.25, -0.2) is 14.8 Å². The quantitative estimate of drug-likeness (QED) is 0.848. The van der Waals surface area contributed by atoms with Crippen molar-refractivity contribution in [2.24, 2.45) is 0 Å². The Balaban J connectivity index is 2.46. The number of ether oxygens (including phenoxy) is 1. The van der Waals surface area contributed by atoms with Gasteiger partial charge in [-0.2, -0.15) is 0 Å². The van der Waals surface area contributed by atoms with E-state index in [1.807, 2.05) is 0 Å². The summed E-state index contributed by atoms with van der Waals surface area (Å²) < 4.78 is 5.04. The van der Waals surface area contributed by atoms with Crippen LogP contribution < -0.4 is 10.5 Å². The van der Waals surface area contributed by atoms with Crippen LogP contribution in [0.2, 0.25) is 0 Å². The van der Waals surface area contributed by atoms with Gasteiger partial charge >= 0.3 is 5.97 Å². The first-order valence-electron chi connectivity index (χ1n) is 5.12. The first-order chi connectivity index (χ1) is 8.60. The largest absolute Gasteiger partial charge is 0.497 e. The molecule has 1 aromatic heterocycles. The standard InChI is InChI=1S/C12H11N3O3/c1-18-8-4-2-7(3-5-8)9-6-10(11(16)17)15-12(13)14-9/h2-6H,1H3,(H,16,17)(H2,13,14,15). The number of aromatic nitrogens is 2. The molecule has 6 nitrogen and oxygen atoms in total. The SMILES string of the molecule is COc1ccc(-c2cc(C(=O)O)nc(N)n2)cc1. The molecule has 0 saturated heterocycles. The predicted molar refractivity (Wildman–Crippen MR) is 65.4 cm³/mol. The van der Waals surface area contributed by atoms with Gasteiger partial charge in [0.1, 0.15) is 5.75 Å². The van der Waals surface area contributed by atoms with E-state index < -0.39 is 5.97 Å². The van der Waals surface area contributed by atoms with Gasteiger partial charge in [0.05, 0.1) is 12.8 Å². The number of carboxylic acid groups (broad SMARTS) is 1. The van der Waals surface area contributed by atoms with Crippen LogP contribution in [0.15, 0.2) is 30.3 Å². The molecule has 0 fully saturated rings. The first kappa shape index (κ1) is 11.8. The summed E-state index contributed by atoms with van der Waals surface area (Å²) in [5.41, 5.74) is 6.55. The molecule has 2 aromatic rings. The van der Waals surface area contributed by atoms with Gasteiger partial charge in [-0.05, 0) is 30.3 Å². The second-order valence-electron chi connectivity index (χ2n) is 3.53. The molecule has 0 aliphatic carbocycles. The Bertz CT molecular complexity index is 582. The maximum Gasteiger partial charge on any atom is 0.354 e. The number of anilines is 1. The van der Waals surface area contributed by atoms with Crippen LogP contribution in [0.4, 0.5) is 5.95 Å². The fourth-order valence-electron chi connectivity index (χ4n) is 1.49. The number of aromatic carboxylic acids is 1. The minimum absolute atomic E-state index is 0.0688. The lowest BCUT2D eigenvalue weighted by atomic mass is 10.1. The Morgan fingerprint density at radius 1 is 1.28 bits per heavy atom. The van der Waals surface area contributed by atoms with Crippen molar-refractivity contribution in [3.8, 4) is 17.0 Å². The fraction of sp³-hybridized carbons (Fsp3) is 0.0833. The van der Waals surface area contributed by atoms with Crippen molar-refractivity contribution in [3.05, 3.63) is 36.0 Å². The van der Waals surface area contributed by atoms with Gasteiger partial charge < -0.3 is 15.6 Å². The number of methoxy groups -OCH3 is 1. The summed E-state index contributed by atoms with van der Waals surface area (Å²) >= 11 is 0. The van der Waals surface area contributed by atoms with Gasteiger partial charge in [-0.15, -0.1) is 0 Å². The Morgan fingerprint density at radius 2 is 1.94 bits per heavy atom. The van der Waals surface area contributed by atoms with Crippen LogP contribution in [0.25, 0.3) is 11.3 Å². The van der Waals surface area contributed by atoms with Crippen molar-refractivity contribution < 1.29 is 14.6 Å². The van der Waals surface area contributed by atoms with E-state index in [9.17, 15) is 4.79 Å². The van der Waals surface area contributed by atoms with E-state index in [1.54, 1.807) is 31.4 Å². The van der Waals surface area contributed by atoms with Gasteiger partial charge in [0.2, 0.25) is 5.95 Å². The molecule has 0 aliphatic rings. The highest BCUT2D eigenvalue weighted by atomic mass is 16.5. The third-order valence-corrected chi connectivity index (χ3v) is 2.35. The molecule has 1 aromatic carbocycles. The predicted octanol–water partition coefficient (Wildman–Crippen LogP) is 1.43. The van der Waals surface area contributed by atoms with Crippen LogP contribution >= 0.6 is 0 Å². The number of nitrogens with two attached hydrogens (primary N) is 1. The molecule has 0 unspecified atom stereocenters. The molecule has 1 heterocycles. The molecule has 3 N–H and O–H groups in total. The molecule has 0 saturated carbocycles. The summed E-state index contributed by atoms with van der Waals surface area (Å²) in [4.78, 5) is 18.5. The molecule has 0 radical (unpaired) electrons. The van der Waals surface area contributed by atoms with Crippen LogP contribution in [0.5, 0.6) is 5.75 Å². The summed E-state index contributed by atoms with van der Waals surface area (Å²) in [5.74, 6) is -0.501. The van der Waals surface area contributed by atoms with Gasteiger partial charge in [0, 0.05) is 5.56 Å². The van der Waals surface area contributed by atoms with Crippen molar-refractivity contribution >= 4 is 11.9 Å². The lowest BCUT2D eigenvalue weighted by molar-refractivity contribution is 0.0690. The van der Waals surface area contributed by atoms with Crippen molar-refractivity contribution in [1.82, 2.24) is 9.97 Å². The molecule has 92 valence electrons. The zero-order chi connectivity index (χ0) is 13.1. The molecule has 2 rings (SSSR count). The van der Waals surface area contributed by atoms with Gasteiger partial charge in [0.15, 0.2) is 5.69 Å². The fourth-order valence-corrected chi connectivity index (χ4v) is 1.49. The lowest BCUT2D eigenvalue weighted by Gasteiger charge is -2.04. The van der Waals surface area contributed by atoms with Gasteiger partial charge in [-0.1, -0.05) is 0 Å². The van der Waals surface area contributed by atoms with Crippen molar-refractivity contribution in [1.29, 1.82) is 0 Å². The Hall–Kier alpha value is -2.63. The summed E-state index contributed by atoms with van der Waals surface area (Å²) in [6, 6.07) is 8.43. The number of carboxylic acids is 1. The molecule has 18 heavy (non-hydrogen) atoms. The third-order valence-electron chi connectivity index (χ3n) is 2.35. The summed E-state index contributed by atoms with van der Waals surface area (Å²) in [7, 11) is 1.57. The molecule has 0 aliphatic heterocycles. The van der Waals surface area contributed by atoms with E-state index in [1.165, 1.54) is 6.07 Å².